The number of hydrogen-bond donors (Lipinski definition) is 1. The Morgan fingerprint density at radius 1 is 1.24 bits per heavy atom. The van der Waals surface area contributed by atoms with E-state index in [4.69, 9.17) is 4.74 Å². The molecule has 0 saturated heterocycles. The summed E-state index contributed by atoms with van der Waals surface area (Å²) in [6, 6.07) is 4.39. The Bertz CT molecular complexity index is 467. The van der Waals surface area contributed by atoms with E-state index in [-0.39, 0.29) is 0 Å². The van der Waals surface area contributed by atoms with Crippen LogP contribution in [0.15, 0.2) is 16.6 Å². The molecule has 0 bridgehead atoms. The fourth-order valence-electron chi connectivity index (χ4n) is 3.62. The number of rotatable bonds is 7. The highest BCUT2D eigenvalue weighted by atomic mass is 79.9. The van der Waals surface area contributed by atoms with Crippen molar-refractivity contribution in [3.8, 4) is 5.75 Å². The van der Waals surface area contributed by atoms with Gasteiger partial charge in [-0.3, -0.25) is 0 Å². The van der Waals surface area contributed by atoms with E-state index >= 15 is 0 Å². The second kappa shape index (κ2) is 7.64. The first kappa shape index (κ1) is 16.8. The summed E-state index contributed by atoms with van der Waals surface area (Å²) in [4.78, 5) is 0. The third kappa shape index (κ3) is 4.23. The molecule has 118 valence electrons. The number of ether oxygens (including phenoxy) is 1. The summed E-state index contributed by atoms with van der Waals surface area (Å²) >= 11 is 3.65. The Morgan fingerprint density at radius 3 is 2.57 bits per heavy atom. The zero-order valence-electron chi connectivity index (χ0n) is 13.6. The van der Waals surface area contributed by atoms with Crippen LogP contribution in [0, 0.1) is 12.3 Å². The van der Waals surface area contributed by atoms with Crippen LogP contribution < -0.4 is 10.1 Å². The quantitative estimate of drug-likeness (QED) is 0.754. The van der Waals surface area contributed by atoms with Gasteiger partial charge in [-0.1, -0.05) is 28.8 Å². The molecule has 21 heavy (non-hydrogen) atoms. The predicted octanol–water partition coefficient (Wildman–Crippen LogP) is 4.87. The molecule has 1 aromatic carbocycles. The normalized spacial score (nSPS) is 17.1. The molecule has 3 heteroatoms. The number of hydrogen-bond acceptors (Lipinski definition) is 2. The van der Waals surface area contributed by atoms with Gasteiger partial charge in [0.1, 0.15) is 5.75 Å². The van der Waals surface area contributed by atoms with Crippen LogP contribution in [0.4, 0.5) is 0 Å². The zero-order valence-corrected chi connectivity index (χ0v) is 15.2. The van der Waals surface area contributed by atoms with Crippen molar-refractivity contribution in [3.05, 3.63) is 27.7 Å². The molecule has 0 aliphatic heterocycles. The number of aryl methyl sites for hydroxylation is 2. The van der Waals surface area contributed by atoms with Crippen LogP contribution in [-0.2, 0) is 6.42 Å². The molecule has 1 aliphatic carbocycles. The molecular weight excluding hydrogens is 326 g/mol. The van der Waals surface area contributed by atoms with E-state index in [0.717, 1.165) is 18.7 Å². The van der Waals surface area contributed by atoms with Gasteiger partial charge in [-0.2, -0.15) is 0 Å². The molecule has 0 spiro atoms. The van der Waals surface area contributed by atoms with Crippen molar-refractivity contribution >= 4 is 15.9 Å². The molecule has 1 N–H and O–H groups in total. The van der Waals surface area contributed by atoms with E-state index in [1.807, 2.05) is 0 Å². The lowest BCUT2D eigenvalue weighted by Gasteiger charge is -2.29. The van der Waals surface area contributed by atoms with Gasteiger partial charge in [0.15, 0.2) is 0 Å². The van der Waals surface area contributed by atoms with Gasteiger partial charge >= 0.3 is 0 Å². The van der Waals surface area contributed by atoms with E-state index in [2.05, 4.69) is 47.4 Å². The van der Waals surface area contributed by atoms with Crippen LogP contribution >= 0.6 is 15.9 Å². The molecule has 0 atom stereocenters. The average molecular weight is 354 g/mol. The van der Waals surface area contributed by atoms with Crippen LogP contribution in [0.3, 0.4) is 0 Å². The summed E-state index contributed by atoms with van der Waals surface area (Å²) in [5.74, 6) is 1.04. The van der Waals surface area contributed by atoms with Crippen LogP contribution in [0.1, 0.15) is 49.7 Å². The summed E-state index contributed by atoms with van der Waals surface area (Å²) < 4.78 is 6.77. The molecule has 1 saturated carbocycles. The van der Waals surface area contributed by atoms with E-state index in [1.54, 1.807) is 7.11 Å². The first-order chi connectivity index (χ1) is 10.1. The molecule has 0 aromatic heterocycles. The Morgan fingerprint density at radius 2 is 1.95 bits per heavy atom. The monoisotopic (exact) mass is 353 g/mol. The van der Waals surface area contributed by atoms with Crippen molar-refractivity contribution < 1.29 is 4.74 Å². The SMILES string of the molecule is CNCCC1(CCc2cc(Br)c(C)cc2OC)CCCC1. The van der Waals surface area contributed by atoms with Crippen molar-refractivity contribution in [3.63, 3.8) is 0 Å². The van der Waals surface area contributed by atoms with Gasteiger partial charge < -0.3 is 10.1 Å². The molecular formula is C18H28BrNO. The first-order valence-electron chi connectivity index (χ1n) is 8.08. The fraction of sp³-hybridized carbons (Fsp3) is 0.667. The minimum Gasteiger partial charge on any atom is -0.496 e. The minimum atomic E-state index is 0.547. The molecule has 1 fully saturated rings. The van der Waals surface area contributed by atoms with Crippen molar-refractivity contribution in [2.24, 2.45) is 5.41 Å². The van der Waals surface area contributed by atoms with Gasteiger partial charge in [-0.25, -0.2) is 0 Å². The second-order valence-corrected chi connectivity index (χ2v) is 7.33. The fourth-order valence-corrected chi connectivity index (χ4v) is 4.01. The van der Waals surface area contributed by atoms with Crippen LogP contribution in [-0.4, -0.2) is 20.7 Å². The molecule has 2 nitrogen and oxygen atoms in total. The largest absolute Gasteiger partial charge is 0.496 e. The van der Waals surface area contributed by atoms with Gasteiger partial charge in [-0.15, -0.1) is 0 Å². The number of benzene rings is 1. The molecule has 1 aromatic rings. The van der Waals surface area contributed by atoms with E-state index in [9.17, 15) is 0 Å². The maximum Gasteiger partial charge on any atom is 0.122 e. The second-order valence-electron chi connectivity index (χ2n) is 6.47. The Kier molecular flexibility index (Phi) is 6.12. The van der Waals surface area contributed by atoms with Crippen LogP contribution in [0.2, 0.25) is 0 Å². The molecule has 0 amide bonds. The summed E-state index contributed by atoms with van der Waals surface area (Å²) in [7, 11) is 3.83. The van der Waals surface area contributed by atoms with Gasteiger partial charge in [0.05, 0.1) is 7.11 Å². The van der Waals surface area contributed by atoms with Crippen LogP contribution in [0.25, 0.3) is 0 Å². The maximum absolute atomic E-state index is 5.58. The van der Waals surface area contributed by atoms with Gasteiger partial charge in [-0.05, 0) is 81.3 Å². The van der Waals surface area contributed by atoms with Crippen LogP contribution in [0.5, 0.6) is 5.75 Å². The smallest absolute Gasteiger partial charge is 0.122 e. The Labute approximate surface area is 137 Å². The van der Waals surface area contributed by atoms with Gasteiger partial charge in [0.25, 0.3) is 0 Å². The highest BCUT2D eigenvalue weighted by molar-refractivity contribution is 9.10. The lowest BCUT2D eigenvalue weighted by atomic mass is 9.77. The third-order valence-corrected chi connectivity index (χ3v) is 5.91. The van der Waals surface area contributed by atoms with Crippen molar-refractivity contribution in [2.75, 3.05) is 20.7 Å². The molecule has 1 aliphatic rings. The lowest BCUT2D eigenvalue weighted by molar-refractivity contribution is 0.246. The average Bonchev–Trinajstić information content (AvgIpc) is 2.95. The number of methoxy groups -OCH3 is 1. The minimum absolute atomic E-state index is 0.547. The topological polar surface area (TPSA) is 21.3 Å². The van der Waals surface area contributed by atoms with Gasteiger partial charge in [0.2, 0.25) is 0 Å². The third-order valence-electron chi connectivity index (χ3n) is 5.06. The first-order valence-corrected chi connectivity index (χ1v) is 8.87. The summed E-state index contributed by atoms with van der Waals surface area (Å²) in [5.41, 5.74) is 3.12. The van der Waals surface area contributed by atoms with E-state index in [1.165, 1.54) is 54.1 Å². The Balaban J connectivity index is 2.08. The lowest BCUT2D eigenvalue weighted by Crippen LogP contribution is -2.23. The van der Waals surface area contributed by atoms with E-state index in [0.29, 0.717) is 5.41 Å². The molecule has 0 unspecified atom stereocenters. The van der Waals surface area contributed by atoms with Crippen molar-refractivity contribution in [1.29, 1.82) is 0 Å². The highest BCUT2D eigenvalue weighted by Crippen LogP contribution is 2.45. The molecule has 2 rings (SSSR count). The predicted molar refractivity (Wildman–Crippen MR) is 93.2 cm³/mol. The standard InChI is InChI=1S/C18H28BrNO/c1-14-12-17(21-3)15(13-16(14)19)6-9-18(10-11-20-2)7-4-5-8-18/h12-13,20H,4-11H2,1-3H3. The number of halogens is 1. The Hall–Kier alpha value is -0.540. The summed E-state index contributed by atoms with van der Waals surface area (Å²) in [6.45, 7) is 3.25. The maximum atomic E-state index is 5.58. The van der Waals surface area contributed by atoms with E-state index < -0.39 is 0 Å². The zero-order chi connectivity index (χ0) is 15.3. The summed E-state index contributed by atoms with van der Waals surface area (Å²) in [6.07, 6.45) is 9.29. The molecule has 0 radical (unpaired) electrons. The van der Waals surface area contributed by atoms with Crippen molar-refractivity contribution in [2.45, 2.75) is 51.9 Å². The summed E-state index contributed by atoms with van der Waals surface area (Å²) in [5, 5.41) is 3.32. The number of nitrogens with one attached hydrogen (secondary N) is 1. The van der Waals surface area contributed by atoms with Gasteiger partial charge in [0, 0.05) is 4.47 Å². The molecule has 0 heterocycles. The highest BCUT2D eigenvalue weighted by Gasteiger charge is 2.32. The van der Waals surface area contributed by atoms with Crippen molar-refractivity contribution in [1.82, 2.24) is 5.32 Å².